The number of hydrogen-bond donors (Lipinski definition) is 0. The number of benzene rings is 2. The Balaban J connectivity index is 1.69. The fourth-order valence-electron chi connectivity index (χ4n) is 4.30. The van der Waals surface area contributed by atoms with Crippen LogP contribution in [0.1, 0.15) is 25.0 Å². The number of hydrogen-bond acceptors (Lipinski definition) is 4. The maximum absolute atomic E-state index is 13.3. The highest BCUT2D eigenvalue weighted by Gasteiger charge is 2.54. The molecule has 0 aliphatic carbocycles. The van der Waals surface area contributed by atoms with Crippen LogP contribution in [0.3, 0.4) is 0 Å². The number of rotatable bonds is 5. The largest absolute Gasteiger partial charge is 0.478 e. The van der Waals surface area contributed by atoms with Crippen molar-refractivity contribution < 1.29 is 19.1 Å². The Morgan fingerprint density at radius 1 is 1.07 bits per heavy atom. The van der Waals surface area contributed by atoms with Crippen LogP contribution in [0.5, 0.6) is 0 Å². The van der Waals surface area contributed by atoms with Gasteiger partial charge in [0.05, 0.1) is 12.5 Å². The first-order chi connectivity index (χ1) is 14.1. The van der Waals surface area contributed by atoms with Gasteiger partial charge in [0.1, 0.15) is 5.76 Å². The van der Waals surface area contributed by atoms with Crippen LogP contribution in [-0.4, -0.2) is 35.5 Å². The first kappa shape index (κ1) is 19.2. The Bertz CT molecular complexity index is 909. The van der Waals surface area contributed by atoms with Crippen molar-refractivity contribution in [2.75, 3.05) is 6.61 Å². The van der Waals surface area contributed by atoms with Crippen molar-refractivity contribution in [2.45, 2.75) is 32.5 Å². The minimum Gasteiger partial charge on any atom is -0.478 e. The number of fused-ring (bicyclic) bond motifs is 1. The Morgan fingerprint density at radius 3 is 2.38 bits per heavy atom. The van der Waals surface area contributed by atoms with E-state index in [1.165, 1.54) is 0 Å². The summed E-state index contributed by atoms with van der Waals surface area (Å²) in [5, 5.41) is 0. The van der Waals surface area contributed by atoms with Crippen LogP contribution in [0.15, 0.2) is 66.7 Å². The van der Waals surface area contributed by atoms with Gasteiger partial charge in [-0.2, -0.15) is 0 Å². The Kier molecular flexibility index (Phi) is 5.38. The molecule has 2 aromatic carbocycles. The van der Waals surface area contributed by atoms with Crippen molar-refractivity contribution in [2.24, 2.45) is 11.8 Å². The molecule has 2 aliphatic heterocycles. The number of esters is 1. The summed E-state index contributed by atoms with van der Waals surface area (Å²) >= 11 is 0. The maximum Gasteiger partial charge on any atom is 0.347 e. The van der Waals surface area contributed by atoms with E-state index in [4.69, 9.17) is 9.47 Å². The summed E-state index contributed by atoms with van der Waals surface area (Å²) in [4.78, 5) is 27.9. The van der Waals surface area contributed by atoms with E-state index in [9.17, 15) is 9.59 Å². The monoisotopic (exact) mass is 391 g/mol. The topological polar surface area (TPSA) is 55.8 Å². The number of ether oxygens (including phenoxy) is 2. The average Bonchev–Trinajstić information content (AvgIpc) is 2.99. The van der Waals surface area contributed by atoms with Crippen LogP contribution in [0.4, 0.5) is 0 Å². The fourth-order valence-corrected chi connectivity index (χ4v) is 4.30. The van der Waals surface area contributed by atoms with Crippen molar-refractivity contribution in [3.05, 3.63) is 77.9 Å². The zero-order valence-electron chi connectivity index (χ0n) is 16.7. The summed E-state index contributed by atoms with van der Waals surface area (Å²) in [7, 11) is 0. The van der Waals surface area contributed by atoms with Gasteiger partial charge in [-0.15, -0.1) is 0 Å². The number of carbonyl (C=O) groups excluding carboxylic acids is 2. The summed E-state index contributed by atoms with van der Waals surface area (Å²) in [6, 6.07) is 19.3. The lowest BCUT2D eigenvalue weighted by molar-refractivity contribution is -0.157. The van der Waals surface area contributed by atoms with Crippen LogP contribution in [0.2, 0.25) is 0 Å². The standard InChI is InChI=1S/C24H25NO4/c1-3-28-24(27)22-21-16(2)25(15-17-10-6-4-7-11-17)23(26)19(21)14-20(29-22)18-12-8-5-9-13-18/h4-14,16,19,21-22H,3,15H2,1-2H3/t16-,19+,21-,22-/m0/s1. The molecule has 0 N–H and O–H groups in total. The Labute approximate surface area is 170 Å². The van der Waals surface area contributed by atoms with Crippen molar-refractivity contribution in [1.82, 2.24) is 4.90 Å². The lowest BCUT2D eigenvalue weighted by Gasteiger charge is -2.33. The number of amides is 1. The van der Waals surface area contributed by atoms with Gasteiger partial charge in [-0.25, -0.2) is 4.79 Å². The molecule has 4 atom stereocenters. The minimum atomic E-state index is -0.806. The van der Waals surface area contributed by atoms with Gasteiger partial charge in [0.25, 0.3) is 0 Å². The van der Waals surface area contributed by atoms with Crippen LogP contribution in [0.25, 0.3) is 5.76 Å². The van der Waals surface area contributed by atoms with E-state index in [1.54, 1.807) is 6.92 Å². The first-order valence-corrected chi connectivity index (χ1v) is 10.0. The quantitative estimate of drug-likeness (QED) is 0.730. The maximum atomic E-state index is 13.3. The van der Waals surface area contributed by atoms with Crippen molar-refractivity contribution in [3.63, 3.8) is 0 Å². The average molecular weight is 391 g/mol. The third-order valence-electron chi connectivity index (χ3n) is 5.74. The molecular weight excluding hydrogens is 366 g/mol. The van der Waals surface area contributed by atoms with Gasteiger partial charge in [-0.3, -0.25) is 4.79 Å². The molecule has 4 rings (SSSR count). The molecule has 5 heteroatoms. The lowest BCUT2D eigenvalue weighted by atomic mass is 9.83. The van der Waals surface area contributed by atoms with Gasteiger partial charge < -0.3 is 14.4 Å². The van der Waals surface area contributed by atoms with E-state index in [-0.39, 0.29) is 24.5 Å². The second kappa shape index (κ2) is 8.11. The van der Waals surface area contributed by atoms with Crippen LogP contribution in [0, 0.1) is 11.8 Å². The molecule has 2 aromatic rings. The van der Waals surface area contributed by atoms with E-state index in [1.807, 2.05) is 78.6 Å². The highest BCUT2D eigenvalue weighted by molar-refractivity contribution is 5.89. The molecule has 0 saturated carbocycles. The number of carbonyl (C=O) groups is 2. The molecule has 5 nitrogen and oxygen atoms in total. The highest BCUT2D eigenvalue weighted by atomic mass is 16.6. The second-order valence-electron chi connectivity index (χ2n) is 7.48. The SMILES string of the molecule is CCOC(=O)[C@H]1OC(c2ccccc2)=C[C@H]2C(=O)N(Cc3ccccc3)[C@@H](C)[C@H]12. The van der Waals surface area contributed by atoms with E-state index < -0.39 is 18.0 Å². The van der Waals surface area contributed by atoms with Crippen LogP contribution >= 0.6 is 0 Å². The molecule has 1 saturated heterocycles. The lowest BCUT2D eigenvalue weighted by Crippen LogP contribution is -2.43. The van der Waals surface area contributed by atoms with Gasteiger partial charge in [0, 0.05) is 24.1 Å². The summed E-state index contributed by atoms with van der Waals surface area (Å²) in [6.07, 6.45) is 1.07. The number of likely N-dealkylation sites (tertiary alicyclic amines) is 1. The summed E-state index contributed by atoms with van der Waals surface area (Å²) in [6.45, 7) is 4.55. The van der Waals surface area contributed by atoms with E-state index in [0.717, 1.165) is 11.1 Å². The van der Waals surface area contributed by atoms with Crippen molar-refractivity contribution in [3.8, 4) is 0 Å². The molecule has 2 heterocycles. The Morgan fingerprint density at radius 2 is 1.72 bits per heavy atom. The summed E-state index contributed by atoms with van der Waals surface area (Å²) in [5.41, 5.74) is 1.91. The Hall–Kier alpha value is -3.08. The zero-order chi connectivity index (χ0) is 20.4. The third-order valence-corrected chi connectivity index (χ3v) is 5.74. The molecule has 150 valence electrons. The molecule has 0 unspecified atom stereocenters. The van der Waals surface area contributed by atoms with Crippen LogP contribution in [-0.2, 0) is 25.6 Å². The number of nitrogens with zero attached hydrogens (tertiary/aromatic N) is 1. The predicted octanol–water partition coefficient (Wildman–Crippen LogP) is 3.65. The van der Waals surface area contributed by atoms with Gasteiger partial charge in [-0.1, -0.05) is 60.7 Å². The molecular formula is C24H25NO4. The van der Waals surface area contributed by atoms with Gasteiger partial charge in [-0.05, 0) is 25.5 Å². The predicted molar refractivity (Wildman–Crippen MR) is 109 cm³/mol. The third kappa shape index (κ3) is 3.65. The van der Waals surface area contributed by atoms with Gasteiger partial charge >= 0.3 is 5.97 Å². The minimum absolute atomic E-state index is 0.0254. The normalized spacial score (nSPS) is 25.8. The molecule has 0 radical (unpaired) electrons. The molecule has 1 amide bonds. The van der Waals surface area contributed by atoms with Crippen LogP contribution < -0.4 is 0 Å². The second-order valence-corrected chi connectivity index (χ2v) is 7.48. The molecule has 0 aromatic heterocycles. The zero-order valence-corrected chi connectivity index (χ0v) is 16.7. The fraction of sp³-hybridized carbons (Fsp3) is 0.333. The molecule has 0 spiro atoms. The van der Waals surface area contributed by atoms with Crippen molar-refractivity contribution >= 4 is 17.6 Å². The summed E-state index contributed by atoms with van der Waals surface area (Å²) < 4.78 is 11.4. The van der Waals surface area contributed by atoms with Crippen molar-refractivity contribution in [1.29, 1.82) is 0 Å². The molecule has 2 aliphatic rings. The van der Waals surface area contributed by atoms with Gasteiger partial charge in [0.15, 0.2) is 0 Å². The highest BCUT2D eigenvalue weighted by Crippen LogP contribution is 2.43. The molecule has 1 fully saturated rings. The smallest absolute Gasteiger partial charge is 0.347 e. The van der Waals surface area contributed by atoms with E-state index in [2.05, 4.69) is 0 Å². The van der Waals surface area contributed by atoms with Gasteiger partial charge in [0.2, 0.25) is 12.0 Å². The van der Waals surface area contributed by atoms with E-state index in [0.29, 0.717) is 12.3 Å². The molecule has 29 heavy (non-hydrogen) atoms. The molecule has 0 bridgehead atoms. The summed E-state index contributed by atoms with van der Waals surface area (Å²) in [5.74, 6) is -0.514. The first-order valence-electron chi connectivity index (χ1n) is 10.0. The van der Waals surface area contributed by atoms with E-state index >= 15 is 0 Å².